The Balaban J connectivity index is 1.83. The number of rotatable bonds is 2. The van der Waals surface area contributed by atoms with Crippen LogP contribution in [-0.4, -0.2) is 36.9 Å². The molecule has 0 aliphatic carbocycles. The van der Waals surface area contributed by atoms with Crippen LogP contribution in [0.15, 0.2) is 0 Å². The fourth-order valence-electron chi connectivity index (χ4n) is 2.45. The highest BCUT2D eigenvalue weighted by atomic mass is 16.7. The van der Waals surface area contributed by atoms with Gasteiger partial charge in [0.25, 0.3) is 0 Å². The number of hydrogen-bond acceptors (Lipinski definition) is 5. The first-order chi connectivity index (χ1) is 8.28. The van der Waals surface area contributed by atoms with Crippen LogP contribution in [-0.2, 0) is 23.6 Å². The maximum atomic E-state index is 11.7. The van der Waals surface area contributed by atoms with Crippen molar-refractivity contribution in [2.75, 3.05) is 6.54 Å². The molecule has 2 unspecified atom stereocenters. The van der Waals surface area contributed by atoms with E-state index in [4.69, 9.17) is 14.0 Å². The normalized spacial score (nSPS) is 31.7. The van der Waals surface area contributed by atoms with E-state index >= 15 is 0 Å². The molecule has 2 aliphatic heterocycles. The molecule has 2 fully saturated rings. The number of ether oxygens (including phenoxy) is 1. The van der Waals surface area contributed by atoms with E-state index in [0.717, 1.165) is 6.42 Å². The maximum Gasteiger partial charge on any atom is 0.525 e. The molecule has 0 aromatic heterocycles. The molecule has 2 saturated heterocycles. The molecule has 6 nitrogen and oxygen atoms in total. The Bertz CT molecular complexity index is 367. The van der Waals surface area contributed by atoms with Crippen LogP contribution >= 0.6 is 0 Å². The van der Waals surface area contributed by atoms with Gasteiger partial charge in [-0.1, -0.05) is 0 Å². The molecule has 2 heterocycles. The lowest BCUT2D eigenvalue weighted by molar-refractivity contribution is -0.531. The van der Waals surface area contributed by atoms with Gasteiger partial charge in [-0.05, 0) is 33.5 Å². The Kier molecular flexibility index (Phi) is 3.38. The van der Waals surface area contributed by atoms with Crippen LogP contribution in [0.25, 0.3) is 0 Å². The number of carbonyl (C=O) groups is 2. The van der Waals surface area contributed by atoms with E-state index in [1.54, 1.807) is 5.23 Å². The summed E-state index contributed by atoms with van der Waals surface area (Å²) in [4.78, 5) is 22.8. The van der Waals surface area contributed by atoms with Gasteiger partial charge < -0.3 is 19.3 Å². The minimum atomic E-state index is -1.57. The molecule has 0 aromatic carbocycles. The van der Waals surface area contributed by atoms with Crippen LogP contribution in [0.1, 0.15) is 33.6 Å². The zero-order valence-electron chi connectivity index (χ0n) is 11.1. The molecule has 102 valence electrons. The van der Waals surface area contributed by atoms with E-state index in [2.05, 4.69) is 0 Å². The lowest BCUT2D eigenvalue weighted by Gasteiger charge is -2.25. The van der Waals surface area contributed by atoms with Crippen LogP contribution in [0.5, 0.6) is 0 Å². The summed E-state index contributed by atoms with van der Waals surface area (Å²) < 4.78 is 16.2. The topological polar surface area (TPSA) is 78.4 Å². The summed E-state index contributed by atoms with van der Waals surface area (Å²) in [7, 11) is 0. The van der Waals surface area contributed by atoms with Crippen LogP contribution in [0.2, 0.25) is 6.32 Å². The van der Waals surface area contributed by atoms with Crippen molar-refractivity contribution in [3.05, 3.63) is 0 Å². The highest BCUT2D eigenvalue weighted by Gasteiger charge is 2.50. The van der Waals surface area contributed by atoms with Gasteiger partial charge in [0.15, 0.2) is 0 Å². The predicted octanol–water partition coefficient (Wildman–Crippen LogP) is -0.434. The minimum absolute atomic E-state index is 0.206. The molecular weight excluding hydrogens is 237 g/mol. The van der Waals surface area contributed by atoms with Crippen molar-refractivity contribution in [1.82, 2.24) is 0 Å². The monoisotopic (exact) mass is 257 g/mol. The largest absolute Gasteiger partial charge is 0.611 e. The first-order valence-electron chi connectivity index (χ1n) is 6.40. The van der Waals surface area contributed by atoms with Gasteiger partial charge in [-0.2, -0.15) is 0 Å². The molecule has 18 heavy (non-hydrogen) atoms. The Morgan fingerprint density at radius 2 is 2.28 bits per heavy atom. The van der Waals surface area contributed by atoms with Gasteiger partial charge in [0.2, 0.25) is 0 Å². The first kappa shape index (κ1) is 13.4. The fraction of sp³-hybridized carbons (Fsp3) is 0.818. The Morgan fingerprint density at radius 3 is 2.83 bits per heavy atom. The van der Waals surface area contributed by atoms with E-state index in [-0.39, 0.29) is 24.5 Å². The number of nitrogens with two attached hydrogens (primary N) is 1. The lowest BCUT2D eigenvalue weighted by atomic mass is 9.70. The van der Waals surface area contributed by atoms with Gasteiger partial charge in [-0.25, -0.2) is 0 Å². The Labute approximate surface area is 106 Å². The smallest absolute Gasteiger partial charge is 0.525 e. The third-order valence-corrected chi connectivity index (χ3v) is 3.10. The van der Waals surface area contributed by atoms with Gasteiger partial charge >= 0.3 is 18.6 Å². The molecule has 0 amide bonds. The quantitative estimate of drug-likeness (QED) is 0.536. The van der Waals surface area contributed by atoms with Crippen molar-refractivity contribution >= 4 is 18.6 Å². The predicted molar refractivity (Wildman–Crippen MR) is 63.4 cm³/mol. The molecular formula is C11H20BNO5. The summed E-state index contributed by atoms with van der Waals surface area (Å²) in [5.74, 6) is -0.516. The average molecular weight is 257 g/mol. The van der Waals surface area contributed by atoms with Gasteiger partial charge in [0.1, 0.15) is 12.1 Å². The van der Waals surface area contributed by atoms with E-state index in [1.165, 1.54) is 0 Å². The van der Waals surface area contributed by atoms with E-state index in [9.17, 15) is 9.59 Å². The third kappa shape index (κ3) is 3.23. The average Bonchev–Trinajstić information content (AvgIpc) is 2.72. The molecule has 0 saturated carbocycles. The van der Waals surface area contributed by atoms with Crippen molar-refractivity contribution in [2.24, 2.45) is 0 Å². The molecule has 2 rings (SSSR count). The van der Waals surface area contributed by atoms with Crippen LogP contribution < -0.4 is 5.23 Å². The van der Waals surface area contributed by atoms with Gasteiger partial charge in [-0.15, -0.1) is 0 Å². The zero-order chi connectivity index (χ0) is 13.4. The fourth-order valence-corrected chi connectivity index (χ4v) is 2.45. The highest BCUT2D eigenvalue weighted by molar-refractivity contribution is 6.61. The van der Waals surface area contributed by atoms with Crippen LogP contribution in [0.3, 0.4) is 0 Å². The summed E-state index contributed by atoms with van der Waals surface area (Å²) in [5, 5.41) is 1.80. The standard InChI is InChI=1S/C11H20BNO5/c1-11(2,3)16-9(14)6-8-4-5-12(17-8)13-7-10(15)18-12/h8H,4-7,13H2,1-3H3. The second-order valence-electron chi connectivity index (χ2n) is 5.99. The second kappa shape index (κ2) is 4.55. The van der Waals surface area contributed by atoms with Gasteiger partial charge in [0, 0.05) is 6.10 Å². The SMILES string of the molecule is CC(C)(C)OC(=O)CC1CC[B-]2([NH2+]CC(=O)O2)O1. The maximum absolute atomic E-state index is 11.7. The molecule has 0 bridgehead atoms. The first-order valence-corrected chi connectivity index (χ1v) is 6.40. The third-order valence-electron chi connectivity index (χ3n) is 3.10. The lowest BCUT2D eigenvalue weighted by Crippen LogP contribution is -2.98. The summed E-state index contributed by atoms with van der Waals surface area (Å²) >= 11 is 0. The van der Waals surface area contributed by atoms with Crippen molar-refractivity contribution in [3.63, 3.8) is 0 Å². The van der Waals surface area contributed by atoms with Crippen molar-refractivity contribution in [2.45, 2.75) is 51.6 Å². The van der Waals surface area contributed by atoms with Crippen molar-refractivity contribution in [1.29, 1.82) is 0 Å². The summed E-state index contributed by atoms with van der Waals surface area (Å²) in [6.45, 7) is 4.23. The number of esters is 1. The number of hydrogen-bond donors (Lipinski definition) is 1. The van der Waals surface area contributed by atoms with Crippen LogP contribution in [0.4, 0.5) is 0 Å². The number of carbonyl (C=O) groups excluding carboxylic acids is 2. The summed E-state index contributed by atoms with van der Waals surface area (Å²) in [5.41, 5.74) is -0.482. The van der Waals surface area contributed by atoms with Crippen molar-refractivity contribution in [3.8, 4) is 0 Å². The van der Waals surface area contributed by atoms with E-state index < -0.39 is 12.3 Å². The molecule has 0 aromatic rings. The molecule has 1 spiro atoms. The molecule has 7 heteroatoms. The van der Waals surface area contributed by atoms with Crippen molar-refractivity contribution < 1.29 is 28.9 Å². The van der Waals surface area contributed by atoms with Crippen LogP contribution in [0, 0.1) is 0 Å². The Morgan fingerprint density at radius 1 is 1.56 bits per heavy atom. The molecule has 0 radical (unpaired) electrons. The Hall–Kier alpha value is -1.08. The minimum Gasteiger partial charge on any atom is -0.611 e. The zero-order valence-corrected chi connectivity index (χ0v) is 11.1. The molecule has 2 atom stereocenters. The molecule has 2 N–H and O–H groups in total. The van der Waals surface area contributed by atoms with E-state index in [0.29, 0.717) is 12.9 Å². The summed E-state index contributed by atoms with van der Waals surface area (Å²) in [6, 6.07) is 0. The highest BCUT2D eigenvalue weighted by Crippen LogP contribution is 2.27. The second-order valence-corrected chi connectivity index (χ2v) is 5.99. The number of quaternary nitrogens is 1. The van der Waals surface area contributed by atoms with Gasteiger partial charge in [0.05, 0.1) is 6.42 Å². The molecule has 2 aliphatic rings. The van der Waals surface area contributed by atoms with E-state index in [1.807, 2.05) is 20.8 Å². The summed E-state index contributed by atoms with van der Waals surface area (Å²) in [6.07, 6.45) is 1.41. The van der Waals surface area contributed by atoms with Gasteiger partial charge in [-0.3, -0.25) is 9.59 Å².